The first kappa shape index (κ1) is 14.6. The molecule has 0 heterocycles. The van der Waals surface area contributed by atoms with E-state index in [1.807, 2.05) is 6.08 Å². The van der Waals surface area contributed by atoms with E-state index in [9.17, 15) is 14.7 Å². The van der Waals surface area contributed by atoms with E-state index in [4.69, 9.17) is 0 Å². The Morgan fingerprint density at radius 1 is 1.05 bits per heavy atom. The van der Waals surface area contributed by atoms with Crippen LogP contribution in [-0.2, 0) is 9.59 Å². The summed E-state index contributed by atoms with van der Waals surface area (Å²) in [5, 5.41) is 9.97. The summed E-state index contributed by atoms with van der Waals surface area (Å²) in [4.78, 5) is 25.2. The lowest BCUT2D eigenvalue weighted by atomic mass is 9.48. The van der Waals surface area contributed by atoms with Crippen LogP contribution < -0.4 is 0 Å². The van der Waals surface area contributed by atoms with Crippen molar-refractivity contribution in [3.8, 4) is 0 Å². The van der Waals surface area contributed by atoms with Gasteiger partial charge < -0.3 is 5.11 Å². The summed E-state index contributed by atoms with van der Waals surface area (Å²) >= 11 is 0. The van der Waals surface area contributed by atoms with Crippen molar-refractivity contribution in [2.24, 2.45) is 28.6 Å². The maximum atomic E-state index is 12.9. The highest BCUT2D eigenvalue weighted by Crippen LogP contribution is 2.63. The Bertz CT molecular complexity index is 577. The number of hydrogen-bond acceptors (Lipinski definition) is 3. The van der Waals surface area contributed by atoms with Gasteiger partial charge in [0.15, 0.2) is 5.78 Å². The lowest BCUT2D eigenvalue weighted by Gasteiger charge is -2.55. The number of rotatable bonds is 0. The van der Waals surface area contributed by atoms with E-state index >= 15 is 0 Å². The minimum atomic E-state index is -0.286. The zero-order valence-electron chi connectivity index (χ0n) is 13.6. The van der Waals surface area contributed by atoms with Crippen molar-refractivity contribution in [2.75, 3.05) is 0 Å². The standard InChI is InChI=1S/C19H26O3/c1-18-7-5-12(20)9-11(18)10-15(21)17-13-3-4-16(22)19(13,2)8-6-14(17)18/h10,12-14,17,20H,3-9H2,1-2H3/t12?,13?,14?,17?,18-,19-/m0/s1. The summed E-state index contributed by atoms with van der Waals surface area (Å²) in [7, 11) is 0. The fourth-order valence-electron chi connectivity index (χ4n) is 6.16. The molecule has 120 valence electrons. The quantitative estimate of drug-likeness (QED) is 0.748. The first-order chi connectivity index (χ1) is 10.4. The Morgan fingerprint density at radius 2 is 1.73 bits per heavy atom. The van der Waals surface area contributed by atoms with Gasteiger partial charge in [0.05, 0.1) is 6.10 Å². The molecule has 0 aliphatic heterocycles. The van der Waals surface area contributed by atoms with Gasteiger partial charge in [0.2, 0.25) is 0 Å². The molecule has 0 radical (unpaired) electrons. The van der Waals surface area contributed by atoms with Crippen LogP contribution in [0.1, 0.15) is 58.8 Å². The molecule has 0 bridgehead atoms. The molecule has 6 atom stereocenters. The summed E-state index contributed by atoms with van der Waals surface area (Å²) < 4.78 is 0. The lowest BCUT2D eigenvalue weighted by molar-refractivity contribution is -0.139. The molecule has 3 saturated carbocycles. The average molecular weight is 302 g/mol. The van der Waals surface area contributed by atoms with E-state index < -0.39 is 0 Å². The Hall–Kier alpha value is -0.960. The van der Waals surface area contributed by atoms with E-state index in [1.54, 1.807) is 0 Å². The minimum absolute atomic E-state index is 0.0363. The van der Waals surface area contributed by atoms with Crippen molar-refractivity contribution in [3.63, 3.8) is 0 Å². The Morgan fingerprint density at radius 3 is 2.50 bits per heavy atom. The average Bonchev–Trinajstić information content (AvgIpc) is 2.77. The number of Topliss-reactive ketones (excluding diaryl/α,β-unsaturated/α-hetero) is 1. The third-order valence-corrected chi connectivity index (χ3v) is 7.63. The zero-order chi connectivity index (χ0) is 15.7. The van der Waals surface area contributed by atoms with Crippen LogP contribution in [0.3, 0.4) is 0 Å². The summed E-state index contributed by atoms with van der Waals surface area (Å²) in [5.74, 6) is 1.26. The maximum Gasteiger partial charge on any atom is 0.159 e. The van der Waals surface area contributed by atoms with Gasteiger partial charge in [0.1, 0.15) is 5.78 Å². The minimum Gasteiger partial charge on any atom is -0.393 e. The SMILES string of the molecule is C[C@]12CCC(O)CC1=CC(=O)C1C2CC[C@]2(C)C(=O)CCC12. The molecular formula is C19H26O3. The Kier molecular flexibility index (Phi) is 3.01. The number of hydrogen-bond donors (Lipinski definition) is 1. The molecule has 3 fully saturated rings. The van der Waals surface area contributed by atoms with Crippen LogP contribution in [0.25, 0.3) is 0 Å². The lowest BCUT2D eigenvalue weighted by Crippen LogP contribution is -2.53. The predicted molar refractivity (Wildman–Crippen MR) is 83.1 cm³/mol. The summed E-state index contributed by atoms with van der Waals surface area (Å²) in [5.41, 5.74) is 0.975. The van der Waals surface area contributed by atoms with Gasteiger partial charge in [-0.15, -0.1) is 0 Å². The zero-order valence-corrected chi connectivity index (χ0v) is 13.6. The molecule has 0 saturated heterocycles. The van der Waals surface area contributed by atoms with E-state index in [0.29, 0.717) is 24.5 Å². The highest BCUT2D eigenvalue weighted by Gasteiger charge is 2.60. The number of aliphatic hydroxyl groups is 1. The van der Waals surface area contributed by atoms with Crippen LogP contribution in [-0.4, -0.2) is 22.8 Å². The Labute approximate surface area is 132 Å². The largest absolute Gasteiger partial charge is 0.393 e. The second-order valence-electron chi connectivity index (χ2n) is 8.54. The van der Waals surface area contributed by atoms with Crippen LogP contribution in [0, 0.1) is 28.6 Å². The summed E-state index contributed by atoms with van der Waals surface area (Å²) in [6, 6.07) is 0. The molecule has 3 nitrogen and oxygen atoms in total. The molecule has 4 unspecified atom stereocenters. The fourth-order valence-corrected chi connectivity index (χ4v) is 6.16. The topological polar surface area (TPSA) is 54.4 Å². The van der Waals surface area contributed by atoms with Gasteiger partial charge in [-0.05, 0) is 61.9 Å². The molecule has 3 heteroatoms. The predicted octanol–water partition coefficient (Wildman–Crippen LogP) is 3.06. The van der Waals surface area contributed by atoms with Gasteiger partial charge in [-0.3, -0.25) is 9.59 Å². The molecule has 0 spiro atoms. The van der Waals surface area contributed by atoms with Gasteiger partial charge in [0, 0.05) is 17.8 Å². The van der Waals surface area contributed by atoms with Crippen LogP contribution in [0.2, 0.25) is 0 Å². The third kappa shape index (κ3) is 1.72. The highest BCUT2D eigenvalue weighted by atomic mass is 16.3. The molecule has 0 aromatic heterocycles. The number of ketones is 2. The number of carbonyl (C=O) groups excluding carboxylic acids is 2. The van der Waals surface area contributed by atoms with Gasteiger partial charge in [-0.1, -0.05) is 19.4 Å². The number of aliphatic hydroxyl groups excluding tert-OH is 1. The van der Waals surface area contributed by atoms with Gasteiger partial charge in [-0.2, -0.15) is 0 Å². The van der Waals surface area contributed by atoms with E-state index in [0.717, 1.165) is 32.1 Å². The monoisotopic (exact) mass is 302 g/mol. The molecular weight excluding hydrogens is 276 g/mol. The third-order valence-electron chi connectivity index (χ3n) is 7.63. The maximum absolute atomic E-state index is 12.9. The van der Waals surface area contributed by atoms with Crippen molar-refractivity contribution in [1.82, 2.24) is 0 Å². The molecule has 4 aliphatic rings. The summed E-state index contributed by atoms with van der Waals surface area (Å²) in [6.07, 6.45) is 7.51. The van der Waals surface area contributed by atoms with Crippen LogP contribution >= 0.6 is 0 Å². The molecule has 4 rings (SSSR count). The van der Waals surface area contributed by atoms with Crippen molar-refractivity contribution < 1.29 is 14.7 Å². The van der Waals surface area contributed by atoms with Crippen molar-refractivity contribution >= 4 is 11.6 Å². The van der Waals surface area contributed by atoms with Crippen molar-refractivity contribution in [3.05, 3.63) is 11.6 Å². The van der Waals surface area contributed by atoms with Gasteiger partial charge in [-0.25, -0.2) is 0 Å². The molecule has 0 aromatic carbocycles. The molecule has 4 aliphatic carbocycles. The molecule has 22 heavy (non-hydrogen) atoms. The molecule has 0 amide bonds. The first-order valence-electron chi connectivity index (χ1n) is 8.82. The number of carbonyl (C=O) groups is 2. The van der Waals surface area contributed by atoms with Gasteiger partial charge >= 0.3 is 0 Å². The van der Waals surface area contributed by atoms with Crippen LogP contribution in [0.5, 0.6) is 0 Å². The van der Waals surface area contributed by atoms with E-state index in [-0.39, 0.29) is 34.6 Å². The second kappa shape index (κ2) is 4.53. The fraction of sp³-hybridized carbons (Fsp3) is 0.789. The van der Waals surface area contributed by atoms with Crippen molar-refractivity contribution in [2.45, 2.75) is 64.9 Å². The second-order valence-corrected chi connectivity index (χ2v) is 8.54. The smallest absolute Gasteiger partial charge is 0.159 e. The normalized spacial score (nSPS) is 51.0. The van der Waals surface area contributed by atoms with Crippen LogP contribution in [0.15, 0.2) is 11.6 Å². The first-order valence-corrected chi connectivity index (χ1v) is 8.82. The number of allylic oxidation sites excluding steroid dienone is 1. The van der Waals surface area contributed by atoms with Crippen molar-refractivity contribution in [1.29, 1.82) is 0 Å². The van der Waals surface area contributed by atoms with Crippen LogP contribution in [0.4, 0.5) is 0 Å². The summed E-state index contributed by atoms with van der Waals surface area (Å²) in [6.45, 7) is 4.40. The van der Waals surface area contributed by atoms with Gasteiger partial charge in [0.25, 0.3) is 0 Å². The van der Waals surface area contributed by atoms with E-state index in [2.05, 4.69) is 13.8 Å². The molecule has 1 N–H and O–H groups in total. The molecule has 0 aromatic rings. The van der Waals surface area contributed by atoms with E-state index in [1.165, 1.54) is 5.57 Å². The highest BCUT2D eigenvalue weighted by molar-refractivity contribution is 5.96. The number of fused-ring (bicyclic) bond motifs is 5. The Balaban J connectivity index is 1.76.